The van der Waals surface area contributed by atoms with Gasteiger partial charge in [-0.2, -0.15) is 0 Å². The second-order valence-corrected chi connectivity index (χ2v) is 6.10. The highest BCUT2D eigenvalue weighted by atomic mass is 32.1. The Hall–Kier alpha value is -2.93. The van der Waals surface area contributed by atoms with Crippen LogP contribution in [0.4, 0.5) is 5.00 Å². The number of benzene rings is 1. The van der Waals surface area contributed by atoms with Gasteiger partial charge >= 0.3 is 5.97 Å². The van der Waals surface area contributed by atoms with Crippen molar-refractivity contribution in [3.63, 3.8) is 0 Å². The van der Waals surface area contributed by atoms with Gasteiger partial charge in [0.25, 0.3) is 5.91 Å². The van der Waals surface area contributed by atoms with E-state index < -0.39 is 11.9 Å². The minimum absolute atomic E-state index is 0.155. The van der Waals surface area contributed by atoms with Crippen molar-refractivity contribution in [1.82, 2.24) is 5.16 Å². The molecule has 1 N–H and O–H groups in total. The van der Waals surface area contributed by atoms with Crippen LogP contribution in [0.2, 0.25) is 0 Å². The van der Waals surface area contributed by atoms with E-state index in [2.05, 4.69) is 10.5 Å². The number of esters is 1. The smallest absolute Gasteiger partial charge is 0.341 e. The first kappa shape index (κ1) is 16.9. The standard InChI is InChI=1S/C18H16N2O4S/c1-3-23-18(22)15-13(12-7-5-4-6-8-12)10-25-17(15)19-16(21)14-9-11(2)24-20-14/h4-10H,3H2,1-2H3,(H,19,21). The van der Waals surface area contributed by atoms with Gasteiger partial charge in [0.2, 0.25) is 0 Å². The van der Waals surface area contributed by atoms with Gasteiger partial charge in [0, 0.05) is 17.0 Å². The second-order valence-electron chi connectivity index (χ2n) is 5.22. The molecule has 0 atom stereocenters. The second kappa shape index (κ2) is 7.31. The average molecular weight is 356 g/mol. The van der Waals surface area contributed by atoms with E-state index in [4.69, 9.17) is 9.26 Å². The lowest BCUT2D eigenvalue weighted by Crippen LogP contribution is -2.15. The number of hydrogen-bond acceptors (Lipinski definition) is 6. The van der Waals surface area contributed by atoms with Gasteiger partial charge in [0.05, 0.1) is 6.61 Å². The molecule has 2 heterocycles. The zero-order valence-electron chi connectivity index (χ0n) is 13.7. The summed E-state index contributed by atoms with van der Waals surface area (Å²) in [5.41, 5.74) is 2.09. The highest BCUT2D eigenvalue weighted by Crippen LogP contribution is 2.36. The minimum Gasteiger partial charge on any atom is -0.462 e. The first-order chi connectivity index (χ1) is 12.1. The summed E-state index contributed by atoms with van der Waals surface area (Å²) in [6, 6.07) is 11.0. The van der Waals surface area contributed by atoms with E-state index >= 15 is 0 Å². The van der Waals surface area contributed by atoms with Gasteiger partial charge in [-0.25, -0.2) is 4.79 Å². The molecule has 0 radical (unpaired) electrons. The van der Waals surface area contributed by atoms with E-state index in [9.17, 15) is 9.59 Å². The van der Waals surface area contributed by atoms with E-state index in [0.29, 0.717) is 16.3 Å². The number of nitrogens with zero attached hydrogens (tertiary/aromatic N) is 1. The van der Waals surface area contributed by atoms with Crippen molar-refractivity contribution >= 4 is 28.2 Å². The van der Waals surface area contributed by atoms with Gasteiger partial charge in [-0.1, -0.05) is 35.5 Å². The molecule has 6 nitrogen and oxygen atoms in total. The number of carbonyl (C=O) groups excluding carboxylic acids is 2. The maximum Gasteiger partial charge on any atom is 0.341 e. The van der Waals surface area contributed by atoms with Crippen LogP contribution in [0.1, 0.15) is 33.5 Å². The molecule has 3 aromatic rings. The van der Waals surface area contributed by atoms with Crippen LogP contribution >= 0.6 is 11.3 Å². The highest BCUT2D eigenvalue weighted by molar-refractivity contribution is 7.15. The highest BCUT2D eigenvalue weighted by Gasteiger charge is 2.23. The Morgan fingerprint density at radius 2 is 2.04 bits per heavy atom. The van der Waals surface area contributed by atoms with Crippen LogP contribution < -0.4 is 5.32 Å². The Morgan fingerprint density at radius 3 is 2.68 bits per heavy atom. The van der Waals surface area contributed by atoms with Crippen molar-refractivity contribution in [3.05, 3.63) is 58.8 Å². The Balaban J connectivity index is 1.97. The third-order valence-electron chi connectivity index (χ3n) is 3.44. The summed E-state index contributed by atoms with van der Waals surface area (Å²) in [5, 5.41) is 8.66. The lowest BCUT2D eigenvalue weighted by atomic mass is 10.0. The number of ether oxygens (including phenoxy) is 1. The molecule has 1 aromatic carbocycles. The maximum atomic E-state index is 12.4. The fourth-order valence-corrected chi connectivity index (χ4v) is 3.28. The van der Waals surface area contributed by atoms with Crippen molar-refractivity contribution in [1.29, 1.82) is 0 Å². The van der Waals surface area contributed by atoms with Gasteiger partial charge in [-0.05, 0) is 19.4 Å². The first-order valence-electron chi connectivity index (χ1n) is 7.68. The summed E-state index contributed by atoms with van der Waals surface area (Å²) >= 11 is 1.26. The molecule has 0 saturated heterocycles. The van der Waals surface area contributed by atoms with Crippen molar-refractivity contribution < 1.29 is 18.8 Å². The average Bonchev–Trinajstić information content (AvgIpc) is 3.22. The topological polar surface area (TPSA) is 81.4 Å². The van der Waals surface area contributed by atoms with E-state index in [1.54, 1.807) is 13.8 Å². The number of aromatic nitrogens is 1. The molecule has 0 saturated carbocycles. The summed E-state index contributed by atoms with van der Waals surface area (Å²) in [5.74, 6) is -0.384. The molecule has 0 aliphatic heterocycles. The van der Waals surface area contributed by atoms with Crippen LogP contribution in [0.3, 0.4) is 0 Å². The Morgan fingerprint density at radius 1 is 1.28 bits per heavy atom. The molecule has 0 aliphatic rings. The molecule has 0 spiro atoms. The molecule has 0 fully saturated rings. The Labute approximate surface area is 148 Å². The number of anilines is 1. The zero-order valence-corrected chi connectivity index (χ0v) is 14.6. The van der Waals surface area contributed by atoms with Crippen LogP contribution in [0, 0.1) is 6.92 Å². The molecule has 3 rings (SSSR count). The summed E-state index contributed by atoms with van der Waals surface area (Å²) in [4.78, 5) is 24.8. The summed E-state index contributed by atoms with van der Waals surface area (Å²) < 4.78 is 10.1. The van der Waals surface area contributed by atoms with Crippen molar-refractivity contribution in [3.8, 4) is 11.1 Å². The van der Waals surface area contributed by atoms with Gasteiger partial charge < -0.3 is 14.6 Å². The van der Waals surface area contributed by atoms with Gasteiger partial charge in [0.15, 0.2) is 5.69 Å². The number of thiophene rings is 1. The van der Waals surface area contributed by atoms with Crippen LogP contribution in [0.5, 0.6) is 0 Å². The number of rotatable bonds is 5. The molecule has 1 amide bonds. The largest absolute Gasteiger partial charge is 0.462 e. The third-order valence-corrected chi connectivity index (χ3v) is 4.34. The normalized spacial score (nSPS) is 10.5. The predicted molar refractivity (Wildman–Crippen MR) is 94.9 cm³/mol. The van der Waals surface area contributed by atoms with Crippen molar-refractivity contribution in [2.45, 2.75) is 13.8 Å². The van der Waals surface area contributed by atoms with Crippen LogP contribution in [0.15, 0.2) is 46.3 Å². The van der Waals surface area contributed by atoms with Gasteiger partial charge in [0.1, 0.15) is 16.3 Å². The monoisotopic (exact) mass is 356 g/mol. The molecule has 7 heteroatoms. The van der Waals surface area contributed by atoms with E-state index in [0.717, 1.165) is 11.1 Å². The van der Waals surface area contributed by atoms with Crippen molar-refractivity contribution in [2.75, 3.05) is 11.9 Å². The SMILES string of the molecule is CCOC(=O)c1c(-c2ccccc2)csc1NC(=O)c1cc(C)on1. The van der Waals surface area contributed by atoms with E-state index in [1.807, 2.05) is 35.7 Å². The summed E-state index contributed by atoms with van der Waals surface area (Å²) in [6.07, 6.45) is 0. The fourth-order valence-electron chi connectivity index (χ4n) is 2.33. The quantitative estimate of drug-likeness (QED) is 0.695. The molecule has 128 valence electrons. The fraction of sp³-hybridized carbons (Fsp3) is 0.167. The first-order valence-corrected chi connectivity index (χ1v) is 8.56. The molecule has 0 unspecified atom stereocenters. The molecule has 2 aromatic heterocycles. The Kier molecular flexibility index (Phi) is 4.95. The molecular formula is C18H16N2O4S. The molecule has 25 heavy (non-hydrogen) atoms. The molecule has 0 aliphatic carbocycles. The van der Waals surface area contributed by atoms with E-state index in [-0.39, 0.29) is 12.3 Å². The summed E-state index contributed by atoms with van der Waals surface area (Å²) in [7, 11) is 0. The lowest BCUT2D eigenvalue weighted by molar-refractivity contribution is 0.0529. The Bertz CT molecular complexity index is 899. The van der Waals surface area contributed by atoms with Crippen LogP contribution in [-0.2, 0) is 4.74 Å². The molecular weight excluding hydrogens is 340 g/mol. The summed E-state index contributed by atoms with van der Waals surface area (Å²) in [6.45, 7) is 3.69. The zero-order chi connectivity index (χ0) is 17.8. The number of amides is 1. The number of nitrogens with one attached hydrogen (secondary N) is 1. The van der Waals surface area contributed by atoms with Crippen LogP contribution in [0.25, 0.3) is 11.1 Å². The lowest BCUT2D eigenvalue weighted by Gasteiger charge is -2.08. The third kappa shape index (κ3) is 3.61. The van der Waals surface area contributed by atoms with Gasteiger partial charge in [-0.15, -0.1) is 11.3 Å². The van der Waals surface area contributed by atoms with Crippen molar-refractivity contribution in [2.24, 2.45) is 0 Å². The minimum atomic E-state index is -0.478. The predicted octanol–water partition coefficient (Wildman–Crippen LogP) is 4.14. The number of hydrogen-bond donors (Lipinski definition) is 1. The number of aryl methyl sites for hydroxylation is 1. The van der Waals surface area contributed by atoms with Gasteiger partial charge in [-0.3, -0.25) is 4.79 Å². The maximum absolute atomic E-state index is 12.4. The number of carbonyl (C=O) groups is 2. The van der Waals surface area contributed by atoms with Crippen LogP contribution in [-0.4, -0.2) is 23.6 Å². The van der Waals surface area contributed by atoms with E-state index in [1.165, 1.54) is 17.4 Å². The molecule has 0 bridgehead atoms.